The lowest BCUT2D eigenvalue weighted by molar-refractivity contribution is -0.159. The maximum absolute atomic E-state index is 12.8. The Bertz CT molecular complexity index is 959. The minimum absolute atomic E-state index is 0.0250. The van der Waals surface area contributed by atoms with Crippen LogP contribution in [0.3, 0.4) is 0 Å². The second-order valence-corrected chi connectivity index (χ2v) is 7.10. The van der Waals surface area contributed by atoms with Crippen molar-refractivity contribution in [2.24, 2.45) is 0 Å². The van der Waals surface area contributed by atoms with E-state index in [1.165, 1.54) is 5.56 Å². The Morgan fingerprint density at radius 3 is 2.00 bits per heavy atom. The van der Waals surface area contributed by atoms with Gasteiger partial charge in [0.2, 0.25) is 0 Å². The Kier molecular flexibility index (Phi) is 9.49. The normalized spacial score (nSPS) is 13.4. The molecule has 1 aliphatic rings. The third kappa shape index (κ3) is 7.39. The molecule has 1 amide bonds. The van der Waals surface area contributed by atoms with Crippen LogP contribution in [0.25, 0.3) is 0 Å². The number of carboxylic acids is 2. The van der Waals surface area contributed by atoms with Crippen LogP contribution in [0, 0.1) is 0 Å². The fraction of sp³-hybridized carbons (Fsp3) is 0.348. The molecule has 2 N–H and O–H groups in total. The monoisotopic (exact) mass is 460 g/mol. The van der Waals surface area contributed by atoms with Gasteiger partial charge in [0.1, 0.15) is 5.75 Å². The molecule has 1 saturated heterocycles. The van der Waals surface area contributed by atoms with Crippen LogP contribution >= 0.6 is 0 Å². The number of benzene rings is 2. The van der Waals surface area contributed by atoms with Gasteiger partial charge in [-0.2, -0.15) is 0 Å². The summed E-state index contributed by atoms with van der Waals surface area (Å²) in [6.07, 6.45) is 0. The van der Waals surface area contributed by atoms with Gasteiger partial charge < -0.3 is 29.3 Å². The van der Waals surface area contributed by atoms with E-state index in [2.05, 4.69) is 17.0 Å². The van der Waals surface area contributed by atoms with Crippen LogP contribution in [-0.2, 0) is 16.1 Å². The van der Waals surface area contributed by atoms with Crippen molar-refractivity contribution >= 4 is 17.8 Å². The van der Waals surface area contributed by atoms with Crippen LogP contribution in [0.5, 0.6) is 17.2 Å². The number of nitrogens with zero attached hydrogens (tertiary/aromatic N) is 2. The molecule has 178 valence electrons. The number of piperazine rings is 1. The first-order valence-corrected chi connectivity index (χ1v) is 10.1. The van der Waals surface area contributed by atoms with Crippen LogP contribution in [0.4, 0.5) is 0 Å². The quantitative estimate of drug-likeness (QED) is 0.621. The van der Waals surface area contributed by atoms with Crippen molar-refractivity contribution in [3.63, 3.8) is 0 Å². The van der Waals surface area contributed by atoms with E-state index in [1.54, 1.807) is 39.5 Å². The van der Waals surface area contributed by atoms with Gasteiger partial charge in [-0.3, -0.25) is 9.69 Å². The van der Waals surface area contributed by atoms with Crippen molar-refractivity contribution in [1.29, 1.82) is 0 Å². The topological polar surface area (TPSA) is 126 Å². The minimum Gasteiger partial charge on any atom is -0.497 e. The number of hydrogen-bond acceptors (Lipinski definition) is 7. The number of hydrogen-bond donors (Lipinski definition) is 2. The highest BCUT2D eigenvalue weighted by Gasteiger charge is 2.23. The molecule has 0 radical (unpaired) electrons. The summed E-state index contributed by atoms with van der Waals surface area (Å²) in [4.78, 5) is 35.3. The van der Waals surface area contributed by atoms with Crippen molar-refractivity contribution in [2.75, 3.05) is 47.5 Å². The number of rotatable bonds is 6. The predicted molar refractivity (Wildman–Crippen MR) is 119 cm³/mol. The Hall–Kier alpha value is -3.79. The average molecular weight is 460 g/mol. The molecule has 0 bridgehead atoms. The molecule has 1 fully saturated rings. The van der Waals surface area contributed by atoms with Crippen LogP contribution in [-0.4, -0.2) is 85.4 Å². The molecule has 3 rings (SSSR count). The van der Waals surface area contributed by atoms with Gasteiger partial charge in [-0.05, 0) is 35.9 Å². The van der Waals surface area contributed by atoms with Crippen molar-refractivity contribution in [1.82, 2.24) is 9.80 Å². The lowest BCUT2D eigenvalue weighted by Gasteiger charge is -2.35. The second kappa shape index (κ2) is 12.3. The van der Waals surface area contributed by atoms with Crippen LogP contribution in [0.15, 0.2) is 42.5 Å². The molecule has 10 heteroatoms. The first kappa shape index (κ1) is 25.5. The number of aliphatic carboxylic acids is 2. The number of ether oxygens (including phenoxy) is 3. The maximum atomic E-state index is 12.8. The molecule has 0 saturated carbocycles. The first-order chi connectivity index (χ1) is 15.8. The third-order valence-electron chi connectivity index (χ3n) is 5.01. The van der Waals surface area contributed by atoms with Crippen molar-refractivity contribution < 1.29 is 38.8 Å². The van der Waals surface area contributed by atoms with E-state index in [0.29, 0.717) is 30.2 Å². The number of methoxy groups -OCH3 is 3. The zero-order valence-corrected chi connectivity index (χ0v) is 18.8. The van der Waals surface area contributed by atoms with E-state index in [4.69, 9.17) is 34.0 Å². The third-order valence-corrected chi connectivity index (χ3v) is 5.01. The fourth-order valence-electron chi connectivity index (χ4n) is 3.29. The Labute approximate surface area is 191 Å². The van der Waals surface area contributed by atoms with E-state index in [9.17, 15) is 4.79 Å². The standard InChI is InChI=1S/C21H26N2O4.C2H2O4/c1-25-18-6-4-5-16(13-18)15-22-9-11-23(12-10-22)21(24)17-7-8-19(26-2)20(14-17)27-3;3-1(4)2(5)6/h4-8,13-14H,9-12,15H2,1-3H3;(H,3,4)(H,5,6). The second-order valence-electron chi connectivity index (χ2n) is 7.10. The maximum Gasteiger partial charge on any atom is 0.414 e. The molecular formula is C23H28N2O8. The SMILES string of the molecule is COc1cccc(CN2CCN(C(=O)c3ccc(OC)c(OC)c3)CC2)c1.O=C(O)C(=O)O. The summed E-state index contributed by atoms with van der Waals surface area (Å²) in [5.41, 5.74) is 1.84. The Morgan fingerprint density at radius 2 is 1.45 bits per heavy atom. The van der Waals surface area contributed by atoms with Gasteiger partial charge in [0.25, 0.3) is 5.91 Å². The largest absolute Gasteiger partial charge is 0.497 e. The lowest BCUT2D eigenvalue weighted by atomic mass is 10.1. The van der Waals surface area contributed by atoms with E-state index < -0.39 is 11.9 Å². The highest BCUT2D eigenvalue weighted by Crippen LogP contribution is 2.28. The van der Waals surface area contributed by atoms with Crippen molar-refractivity contribution in [2.45, 2.75) is 6.54 Å². The first-order valence-electron chi connectivity index (χ1n) is 10.1. The molecule has 1 aliphatic heterocycles. The van der Waals surface area contributed by atoms with E-state index >= 15 is 0 Å². The molecule has 2 aromatic carbocycles. The summed E-state index contributed by atoms with van der Waals surface area (Å²) in [5, 5.41) is 14.8. The van der Waals surface area contributed by atoms with Crippen molar-refractivity contribution in [3.8, 4) is 17.2 Å². The van der Waals surface area contributed by atoms with Gasteiger partial charge in [-0.15, -0.1) is 0 Å². The molecule has 10 nitrogen and oxygen atoms in total. The minimum atomic E-state index is -1.82. The van der Waals surface area contributed by atoms with Gasteiger partial charge in [0.05, 0.1) is 21.3 Å². The predicted octanol–water partition coefficient (Wildman–Crippen LogP) is 1.83. The van der Waals surface area contributed by atoms with Crippen LogP contribution in [0.1, 0.15) is 15.9 Å². The molecule has 1 heterocycles. The van der Waals surface area contributed by atoms with E-state index in [1.807, 2.05) is 17.0 Å². The number of amides is 1. The Morgan fingerprint density at radius 1 is 0.818 bits per heavy atom. The van der Waals surface area contributed by atoms with E-state index in [-0.39, 0.29) is 5.91 Å². The van der Waals surface area contributed by atoms with Gasteiger partial charge in [0.15, 0.2) is 11.5 Å². The summed E-state index contributed by atoms with van der Waals surface area (Å²) in [5.74, 6) is -1.56. The molecule has 0 aromatic heterocycles. The molecule has 0 unspecified atom stereocenters. The molecule has 2 aromatic rings. The Balaban J connectivity index is 0.000000569. The van der Waals surface area contributed by atoms with Gasteiger partial charge in [0, 0.05) is 38.3 Å². The molecule has 0 atom stereocenters. The van der Waals surface area contributed by atoms with Crippen LogP contribution in [0.2, 0.25) is 0 Å². The highest BCUT2D eigenvalue weighted by molar-refractivity contribution is 6.27. The van der Waals surface area contributed by atoms with Crippen LogP contribution < -0.4 is 14.2 Å². The zero-order valence-electron chi connectivity index (χ0n) is 18.8. The number of carbonyl (C=O) groups is 3. The molecule has 0 aliphatic carbocycles. The molecule has 33 heavy (non-hydrogen) atoms. The highest BCUT2D eigenvalue weighted by atomic mass is 16.5. The van der Waals surface area contributed by atoms with Crippen molar-refractivity contribution in [3.05, 3.63) is 53.6 Å². The van der Waals surface area contributed by atoms with Gasteiger partial charge >= 0.3 is 11.9 Å². The molecule has 0 spiro atoms. The summed E-state index contributed by atoms with van der Waals surface area (Å²) in [6.45, 7) is 3.95. The van der Waals surface area contributed by atoms with E-state index in [0.717, 1.165) is 25.4 Å². The summed E-state index contributed by atoms with van der Waals surface area (Å²) in [6, 6.07) is 13.4. The van der Waals surface area contributed by atoms with Gasteiger partial charge in [-0.25, -0.2) is 9.59 Å². The summed E-state index contributed by atoms with van der Waals surface area (Å²) >= 11 is 0. The lowest BCUT2D eigenvalue weighted by Crippen LogP contribution is -2.48. The average Bonchev–Trinajstić information content (AvgIpc) is 2.84. The summed E-state index contributed by atoms with van der Waals surface area (Å²) in [7, 11) is 4.84. The fourth-order valence-corrected chi connectivity index (χ4v) is 3.29. The zero-order chi connectivity index (χ0) is 24.4. The van der Waals surface area contributed by atoms with Gasteiger partial charge in [-0.1, -0.05) is 12.1 Å². The number of carbonyl (C=O) groups excluding carboxylic acids is 1. The number of carboxylic acid groups (broad SMARTS) is 2. The molecular weight excluding hydrogens is 432 g/mol. The summed E-state index contributed by atoms with van der Waals surface area (Å²) < 4.78 is 15.8. The smallest absolute Gasteiger partial charge is 0.414 e.